The lowest BCUT2D eigenvalue weighted by molar-refractivity contribution is 0.152. The number of hydrogen-bond donors (Lipinski definition) is 2. The molecule has 0 aliphatic rings. The van der Waals surface area contributed by atoms with Gasteiger partial charge in [0.25, 0.3) is 0 Å². The van der Waals surface area contributed by atoms with E-state index in [2.05, 4.69) is 54.6 Å². The van der Waals surface area contributed by atoms with Gasteiger partial charge >= 0.3 is 15.4 Å². The first-order valence-electron chi connectivity index (χ1n) is 13.2. The van der Waals surface area contributed by atoms with Gasteiger partial charge in [0, 0.05) is 56.9 Å². The largest absolute Gasteiger partial charge is 0.569 e. The average molecular weight is 613 g/mol. The van der Waals surface area contributed by atoms with E-state index in [1.54, 1.807) is 26.2 Å². The second-order valence-electron chi connectivity index (χ2n) is 8.55. The normalized spacial score (nSPS) is 9.95. The quantitative estimate of drug-likeness (QED) is 0.337. The van der Waals surface area contributed by atoms with E-state index < -0.39 is 0 Å². The molecule has 2 aromatic heterocycles. The van der Waals surface area contributed by atoms with Crippen molar-refractivity contribution in [2.75, 3.05) is 36.0 Å². The predicted molar refractivity (Wildman–Crippen MR) is 163 cm³/mol. The molecule has 220 valence electrons. The van der Waals surface area contributed by atoms with Crippen LogP contribution in [0.15, 0.2) is 29.3 Å². The molecule has 2 N–H and O–H groups in total. The number of aliphatic hydroxyl groups is 1. The summed E-state index contributed by atoms with van der Waals surface area (Å²) in [6, 6.07) is 0. The van der Waals surface area contributed by atoms with Crippen molar-refractivity contribution in [1.29, 1.82) is 0 Å². The fraction of sp³-hybridized carbons (Fsp3) is 0.680. The summed E-state index contributed by atoms with van der Waals surface area (Å²) >= 11 is 3.29. The van der Waals surface area contributed by atoms with Gasteiger partial charge in [0.1, 0.15) is 5.75 Å². The Balaban J connectivity index is 0. The van der Waals surface area contributed by atoms with Crippen molar-refractivity contribution in [2.45, 2.75) is 87.5 Å². The molecular weight excluding hydrogens is 566 g/mol. The summed E-state index contributed by atoms with van der Waals surface area (Å²) in [4.78, 5) is 20.7. The van der Waals surface area contributed by atoms with Gasteiger partial charge in [0.05, 0.1) is 16.9 Å². The summed E-state index contributed by atoms with van der Waals surface area (Å²) in [6.45, 7) is 23.2. The molecule has 0 saturated heterocycles. The van der Waals surface area contributed by atoms with Gasteiger partial charge in [-0.05, 0) is 85.2 Å². The van der Waals surface area contributed by atoms with Crippen molar-refractivity contribution in [3.8, 4) is 5.75 Å². The fourth-order valence-electron chi connectivity index (χ4n) is 2.33. The van der Waals surface area contributed by atoms with Gasteiger partial charge in [-0.25, -0.2) is 19.9 Å². The molecule has 0 unspecified atom stereocenters. The van der Waals surface area contributed by atoms with Crippen LogP contribution in [0.2, 0.25) is 0 Å². The van der Waals surface area contributed by atoms with Gasteiger partial charge in [0.2, 0.25) is 11.9 Å². The molecule has 0 amide bonds. The maximum atomic E-state index is 8.38. The molecule has 2 rings (SSSR count). The molecule has 0 atom stereocenters. The maximum absolute atomic E-state index is 8.38. The minimum absolute atomic E-state index is 0.167. The zero-order valence-corrected chi connectivity index (χ0v) is 26.8. The average Bonchev–Trinajstić information content (AvgIpc) is 2.88. The minimum atomic E-state index is -0.167. The molecule has 0 bridgehead atoms. The third-order valence-corrected chi connectivity index (χ3v) is 4.57. The molecule has 39 heavy (non-hydrogen) atoms. The summed E-state index contributed by atoms with van der Waals surface area (Å²) in [5.41, 5.74) is 0. The first kappa shape index (κ1) is 39.2. The summed E-state index contributed by atoms with van der Waals surface area (Å²) in [5.74, 6) is 1.88. The highest BCUT2D eigenvalue weighted by Crippen LogP contribution is 2.11. The van der Waals surface area contributed by atoms with Crippen molar-refractivity contribution in [1.82, 2.24) is 19.9 Å². The zero-order valence-electron chi connectivity index (χ0n) is 25.2. The number of nitrogens with zero attached hydrogens (tertiary/aromatic N) is 6. The molecule has 14 heteroatoms. The van der Waals surface area contributed by atoms with Crippen molar-refractivity contribution < 1.29 is 24.1 Å². The van der Waals surface area contributed by atoms with Gasteiger partial charge in [-0.1, -0.05) is 0 Å². The lowest BCUT2D eigenvalue weighted by atomic mass is 10.3. The van der Waals surface area contributed by atoms with Crippen LogP contribution in [0.25, 0.3) is 0 Å². The lowest BCUT2D eigenvalue weighted by Gasteiger charge is -2.17. The van der Waals surface area contributed by atoms with Crippen LogP contribution < -0.4 is 14.5 Å². The molecule has 11 nitrogen and oxygen atoms in total. The maximum Gasteiger partial charge on any atom is 0.569 e. The van der Waals surface area contributed by atoms with Crippen LogP contribution in [0.3, 0.4) is 0 Å². The molecule has 0 aliphatic heterocycles. The highest BCUT2D eigenvalue weighted by atomic mass is 79.9. The summed E-state index contributed by atoms with van der Waals surface area (Å²) in [5, 5.41) is 16.4. The van der Waals surface area contributed by atoms with Crippen LogP contribution in [0.5, 0.6) is 5.75 Å². The van der Waals surface area contributed by atoms with Crippen LogP contribution in [0, 0.1) is 0 Å². The Labute approximate surface area is 245 Å². The Bertz CT molecular complexity index is 790. The van der Waals surface area contributed by atoms with Gasteiger partial charge < -0.3 is 33.9 Å². The molecule has 0 aliphatic carbocycles. The second kappa shape index (κ2) is 25.0. The van der Waals surface area contributed by atoms with Crippen molar-refractivity contribution in [2.24, 2.45) is 0 Å². The van der Waals surface area contributed by atoms with E-state index in [0.717, 1.165) is 36.6 Å². The van der Waals surface area contributed by atoms with Gasteiger partial charge in [-0.15, -0.1) is 0 Å². The first-order valence-corrected chi connectivity index (χ1v) is 14.0. The van der Waals surface area contributed by atoms with Crippen LogP contribution in [0.4, 0.5) is 11.9 Å². The Morgan fingerprint density at radius 3 is 1.36 bits per heavy atom. The van der Waals surface area contributed by atoms with Crippen molar-refractivity contribution in [3.63, 3.8) is 0 Å². The van der Waals surface area contributed by atoms with Gasteiger partial charge in [-0.3, -0.25) is 0 Å². The predicted octanol–water partition coefficient (Wildman–Crippen LogP) is 4.07. The van der Waals surface area contributed by atoms with E-state index in [1.807, 2.05) is 46.4 Å². The standard InChI is InChI=1S/C8H13BN3O2.C8H12BrN3.C6H14BO2.C3H8O/c1-3-12(4-2)8-10-5-7(6-11-8)14-9-13;1-3-12(4-2)8-10-5-7(9)6-11-8;1-5(2)8-7-9-6(3)4;1-3(2)4/h5-6,13H,3-4H2,1-2H3;5-6H,3-4H2,1-2H3;5-6H,1-4H3;3-4H,1-2H3. The lowest BCUT2D eigenvalue weighted by Crippen LogP contribution is -2.24. The number of halogens is 1. The van der Waals surface area contributed by atoms with Gasteiger partial charge in [-0.2, -0.15) is 0 Å². The van der Waals surface area contributed by atoms with E-state index in [1.165, 1.54) is 20.1 Å². The Hall–Kier alpha value is -1.99. The molecule has 0 aromatic carbocycles. The number of rotatable bonds is 12. The van der Waals surface area contributed by atoms with Crippen molar-refractivity contribution >= 4 is 43.2 Å². The minimum Gasteiger partial charge on any atom is -0.535 e. The van der Waals surface area contributed by atoms with Crippen LogP contribution in [-0.4, -0.2) is 89.9 Å². The van der Waals surface area contributed by atoms with E-state index in [0.29, 0.717) is 19.4 Å². The summed E-state index contributed by atoms with van der Waals surface area (Å²) in [6.07, 6.45) is 6.83. The SMILES string of the molecule is CC(C)O.CC(C)O[B]OC(C)C.CCN(CC)c1ncc(Br)cn1.CCN(CC)c1ncc(O[B]O)cn1. The molecule has 0 spiro atoms. The molecule has 2 heterocycles. The number of anilines is 2. The Morgan fingerprint density at radius 1 is 0.744 bits per heavy atom. The monoisotopic (exact) mass is 612 g/mol. The topological polar surface area (TPSA) is 126 Å². The number of hydrogen-bond acceptors (Lipinski definition) is 11. The fourth-order valence-corrected chi connectivity index (χ4v) is 2.54. The Morgan fingerprint density at radius 2 is 1.08 bits per heavy atom. The van der Waals surface area contributed by atoms with E-state index in [-0.39, 0.29) is 18.3 Å². The van der Waals surface area contributed by atoms with E-state index in [9.17, 15) is 0 Å². The van der Waals surface area contributed by atoms with Crippen LogP contribution in [0.1, 0.15) is 69.2 Å². The zero-order chi connectivity index (χ0) is 30.2. The summed E-state index contributed by atoms with van der Waals surface area (Å²) in [7, 11) is 2.01. The van der Waals surface area contributed by atoms with Crippen LogP contribution >= 0.6 is 15.9 Å². The van der Waals surface area contributed by atoms with E-state index >= 15 is 0 Å². The number of aromatic nitrogens is 4. The molecule has 0 saturated carbocycles. The molecule has 2 aromatic rings. The highest BCUT2D eigenvalue weighted by molar-refractivity contribution is 9.10. The second-order valence-corrected chi connectivity index (χ2v) is 9.46. The third-order valence-electron chi connectivity index (χ3n) is 4.16. The van der Waals surface area contributed by atoms with Crippen molar-refractivity contribution in [3.05, 3.63) is 29.3 Å². The first-order chi connectivity index (χ1) is 18.4. The number of aliphatic hydroxyl groups excluding tert-OH is 1. The highest BCUT2D eigenvalue weighted by Gasteiger charge is 2.05. The molecule has 2 radical (unpaired) electrons. The molecular formula is C25H47B2BrN6O5. The van der Waals surface area contributed by atoms with E-state index in [4.69, 9.17) is 24.1 Å². The smallest absolute Gasteiger partial charge is 0.535 e. The third kappa shape index (κ3) is 22.5. The Kier molecular flexibility index (Phi) is 25.1. The molecule has 0 fully saturated rings. The summed E-state index contributed by atoms with van der Waals surface area (Å²) < 4.78 is 15.6. The van der Waals surface area contributed by atoms with Gasteiger partial charge in [0.15, 0.2) is 0 Å². The van der Waals surface area contributed by atoms with Crippen LogP contribution in [-0.2, 0) is 9.31 Å².